The largest absolute Gasteiger partial charge is 0.367 e. The van der Waals surface area contributed by atoms with Crippen LogP contribution >= 0.6 is 0 Å². The molecule has 4 atom stereocenters. The highest BCUT2D eigenvalue weighted by molar-refractivity contribution is 5.75. The summed E-state index contributed by atoms with van der Waals surface area (Å²) in [5.74, 6) is 1.97. The lowest BCUT2D eigenvalue weighted by Crippen LogP contribution is -2.37. The van der Waals surface area contributed by atoms with Crippen molar-refractivity contribution in [1.29, 1.82) is 0 Å². The molecule has 2 rings (SSSR count). The van der Waals surface area contributed by atoms with Crippen LogP contribution in [0.1, 0.15) is 47.0 Å². The number of hydrogen-bond donors (Lipinski definition) is 0. The standard InChI is InChI=1S/C15H24O2/c1-10(2)13-6-8-15(7-5-12(4)16)11(3)9-14(13)17-15/h6,8,10-11,13-14H,5,7,9H2,1-4H3/t11-,13-,14+,15+/m1/s1. The van der Waals surface area contributed by atoms with Crippen molar-refractivity contribution in [3.63, 3.8) is 0 Å². The van der Waals surface area contributed by atoms with Gasteiger partial charge in [-0.1, -0.05) is 32.9 Å². The molecule has 2 nitrogen and oxygen atoms in total. The highest BCUT2D eigenvalue weighted by Gasteiger charge is 2.49. The number of hydrogen-bond acceptors (Lipinski definition) is 2. The summed E-state index contributed by atoms with van der Waals surface area (Å²) in [5.41, 5.74) is -0.151. The first-order valence-corrected chi connectivity index (χ1v) is 6.81. The Kier molecular flexibility index (Phi) is 3.44. The molecule has 0 saturated carbocycles. The molecule has 0 spiro atoms. The van der Waals surface area contributed by atoms with Gasteiger partial charge in [0.1, 0.15) is 5.78 Å². The molecule has 0 amide bonds. The first-order chi connectivity index (χ1) is 7.94. The van der Waals surface area contributed by atoms with E-state index in [-0.39, 0.29) is 11.4 Å². The Hall–Kier alpha value is -0.630. The zero-order chi connectivity index (χ0) is 12.6. The summed E-state index contributed by atoms with van der Waals surface area (Å²) in [6, 6.07) is 0. The smallest absolute Gasteiger partial charge is 0.129 e. The minimum absolute atomic E-state index is 0.151. The Morgan fingerprint density at radius 2 is 2.24 bits per heavy atom. The Labute approximate surface area is 104 Å². The number of Topliss-reactive ketones (excluding diaryl/α,β-unsaturated/α-hetero) is 1. The van der Waals surface area contributed by atoms with E-state index in [0.717, 1.165) is 12.8 Å². The van der Waals surface area contributed by atoms with Gasteiger partial charge in [0.05, 0.1) is 11.7 Å². The number of rotatable bonds is 4. The number of fused-ring (bicyclic) bond motifs is 2. The van der Waals surface area contributed by atoms with Crippen LogP contribution < -0.4 is 0 Å². The van der Waals surface area contributed by atoms with Gasteiger partial charge in [-0.2, -0.15) is 0 Å². The quantitative estimate of drug-likeness (QED) is 0.700. The maximum Gasteiger partial charge on any atom is 0.129 e. The van der Waals surface area contributed by atoms with E-state index >= 15 is 0 Å². The molecule has 1 saturated heterocycles. The highest BCUT2D eigenvalue weighted by Crippen LogP contribution is 2.47. The molecular formula is C15H24O2. The fourth-order valence-electron chi connectivity index (χ4n) is 3.24. The molecule has 2 bridgehead atoms. The zero-order valence-corrected chi connectivity index (χ0v) is 11.4. The Morgan fingerprint density at radius 3 is 2.82 bits per heavy atom. The predicted molar refractivity (Wildman–Crippen MR) is 68.8 cm³/mol. The topological polar surface area (TPSA) is 26.3 Å². The van der Waals surface area contributed by atoms with Gasteiger partial charge in [-0.05, 0) is 31.6 Å². The molecule has 17 heavy (non-hydrogen) atoms. The van der Waals surface area contributed by atoms with Crippen LogP contribution in [0.4, 0.5) is 0 Å². The maximum absolute atomic E-state index is 11.2. The van der Waals surface area contributed by atoms with Crippen LogP contribution in [0.5, 0.6) is 0 Å². The summed E-state index contributed by atoms with van der Waals surface area (Å²) in [6.07, 6.45) is 7.56. The third kappa shape index (κ3) is 2.33. The Bertz CT molecular complexity index is 332. The van der Waals surface area contributed by atoms with Gasteiger partial charge in [-0.15, -0.1) is 0 Å². The van der Waals surface area contributed by atoms with Gasteiger partial charge < -0.3 is 9.53 Å². The van der Waals surface area contributed by atoms with Crippen molar-refractivity contribution in [2.24, 2.45) is 17.8 Å². The number of carbonyl (C=O) groups excluding carboxylic acids is 1. The average molecular weight is 236 g/mol. The van der Waals surface area contributed by atoms with Gasteiger partial charge in [-0.25, -0.2) is 0 Å². The van der Waals surface area contributed by atoms with E-state index in [1.165, 1.54) is 0 Å². The molecule has 0 N–H and O–H groups in total. The molecule has 0 aliphatic carbocycles. The molecule has 2 heterocycles. The molecule has 2 aliphatic rings. The molecular weight excluding hydrogens is 212 g/mol. The molecule has 2 aliphatic heterocycles. The van der Waals surface area contributed by atoms with Crippen LogP contribution in [0.25, 0.3) is 0 Å². The minimum Gasteiger partial charge on any atom is -0.367 e. The van der Waals surface area contributed by atoms with E-state index in [4.69, 9.17) is 4.74 Å². The van der Waals surface area contributed by atoms with E-state index in [2.05, 4.69) is 32.9 Å². The summed E-state index contributed by atoms with van der Waals surface area (Å²) in [4.78, 5) is 11.2. The predicted octanol–water partition coefficient (Wildman–Crippen LogP) is 3.36. The van der Waals surface area contributed by atoms with Gasteiger partial charge in [0.15, 0.2) is 0 Å². The van der Waals surface area contributed by atoms with E-state index in [1.807, 2.05) is 0 Å². The van der Waals surface area contributed by atoms with Gasteiger partial charge in [0.25, 0.3) is 0 Å². The Balaban J connectivity index is 2.13. The van der Waals surface area contributed by atoms with Crippen molar-refractivity contribution in [3.05, 3.63) is 12.2 Å². The second-order valence-corrected chi connectivity index (χ2v) is 6.13. The first kappa shape index (κ1) is 12.8. The van der Waals surface area contributed by atoms with E-state index in [0.29, 0.717) is 30.3 Å². The Morgan fingerprint density at radius 1 is 1.53 bits per heavy atom. The molecule has 1 fully saturated rings. The van der Waals surface area contributed by atoms with Gasteiger partial charge in [0, 0.05) is 12.3 Å². The van der Waals surface area contributed by atoms with Gasteiger partial charge in [0.2, 0.25) is 0 Å². The first-order valence-electron chi connectivity index (χ1n) is 6.81. The van der Waals surface area contributed by atoms with Crippen molar-refractivity contribution in [1.82, 2.24) is 0 Å². The summed E-state index contributed by atoms with van der Waals surface area (Å²) in [6.45, 7) is 8.43. The molecule has 96 valence electrons. The van der Waals surface area contributed by atoms with E-state index in [9.17, 15) is 4.79 Å². The summed E-state index contributed by atoms with van der Waals surface area (Å²) in [5, 5.41) is 0. The number of ketones is 1. The van der Waals surface area contributed by atoms with E-state index < -0.39 is 0 Å². The van der Waals surface area contributed by atoms with Crippen molar-refractivity contribution < 1.29 is 9.53 Å². The van der Waals surface area contributed by atoms with Crippen LogP contribution in [-0.2, 0) is 9.53 Å². The number of ether oxygens (including phenoxy) is 1. The average Bonchev–Trinajstić information content (AvgIpc) is 2.48. The van der Waals surface area contributed by atoms with Crippen LogP contribution in [0.3, 0.4) is 0 Å². The fourth-order valence-corrected chi connectivity index (χ4v) is 3.24. The lowest BCUT2D eigenvalue weighted by Gasteiger charge is -2.36. The minimum atomic E-state index is -0.151. The lowest BCUT2D eigenvalue weighted by atomic mass is 9.84. The van der Waals surface area contributed by atoms with Crippen LogP contribution in [0, 0.1) is 17.8 Å². The molecule has 0 radical (unpaired) electrons. The van der Waals surface area contributed by atoms with Crippen LogP contribution in [0.2, 0.25) is 0 Å². The SMILES string of the molecule is CC(=O)CC[C@]12C=C[C@H](C(C)C)[C@H](C[C@H]1C)O2. The molecule has 0 aromatic rings. The third-order valence-electron chi connectivity index (χ3n) is 4.46. The van der Waals surface area contributed by atoms with Crippen LogP contribution in [0.15, 0.2) is 12.2 Å². The van der Waals surface area contributed by atoms with Crippen molar-refractivity contribution >= 4 is 5.78 Å². The summed E-state index contributed by atoms with van der Waals surface area (Å²) >= 11 is 0. The lowest BCUT2D eigenvalue weighted by molar-refractivity contribution is -0.119. The normalized spacial score (nSPS) is 39.9. The van der Waals surface area contributed by atoms with Crippen molar-refractivity contribution in [3.8, 4) is 0 Å². The molecule has 2 heteroatoms. The summed E-state index contributed by atoms with van der Waals surface area (Å²) < 4.78 is 6.28. The highest BCUT2D eigenvalue weighted by atomic mass is 16.5. The maximum atomic E-state index is 11.2. The second-order valence-electron chi connectivity index (χ2n) is 6.13. The third-order valence-corrected chi connectivity index (χ3v) is 4.46. The van der Waals surface area contributed by atoms with E-state index in [1.54, 1.807) is 6.92 Å². The van der Waals surface area contributed by atoms with Crippen molar-refractivity contribution in [2.75, 3.05) is 0 Å². The molecule has 0 aromatic heterocycles. The summed E-state index contributed by atoms with van der Waals surface area (Å²) in [7, 11) is 0. The van der Waals surface area contributed by atoms with Gasteiger partial charge >= 0.3 is 0 Å². The molecule has 0 unspecified atom stereocenters. The van der Waals surface area contributed by atoms with Gasteiger partial charge in [-0.3, -0.25) is 0 Å². The second kappa shape index (κ2) is 4.56. The fraction of sp³-hybridized carbons (Fsp3) is 0.800. The number of carbonyl (C=O) groups is 1. The monoisotopic (exact) mass is 236 g/mol. The molecule has 0 aromatic carbocycles. The van der Waals surface area contributed by atoms with Crippen molar-refractivity contribution in [2.45, 2.75) is 58.7 Å². The zero-order valence-electron chi connectivity index (χ0n) is 11.4. The van der Waals surface area contributed by atoms with Crippen LogP contribution in [-0.4, -0.2) is 17.5 Å².